The summed E-state index contributed by atoms with van der Waals surface area (Å²) in [5.74, 6) is 0.479. The molecular formula is C19H16N2O2. The summed E-state index contributed by atoms with van der Waals surface area (Å²) in [6, 6.07) is 17.1. The van der Waals surface area contributed by atoms with Crippen LogP contribution >= 0.6 is 0 Å². The number of allylic oxidation sites excluding steroid dienone is 2. The second-order valence-corrected chi connectivity index (χ2v) is 4.95. The van der Waals surface area contributed by atoms with Crippen LogP contribution in [-0.2, 0) is 4.79 Å². The molecule has 4 heteroatoms. The van der Waals surface area contributed by atoms with Gasteiger partial charge in [0.25, 0.3) is 0 Å². The highest BCUT2D eigenvalue weighted by molar-refractivity contribution is 5.93. The number of nitrogens with zero attached hydrogens (tertiary/aromatic N) is 2. The predicted molar refractivity (Wildman–Crippen MR) is 91.8 cm³/mol. The lowest BCUT2D eigenvalue weighted by molar-refractivity contribution is -0.116. The molecule has 2 aromatic carbocycles. The first-order chi connectivity index (χ1) is 11.2. The minimum absolute atomic E-state index is 0.0530. The summed E-state index contributed by atoms with van der Waals surface area (Å²) in [7, 11) is 0. The van der Waals surface area contributed by atoms with Crippen LogP contribution in [0, 0.1) is 0 Å². The van der Waals surface area contributed by atoms with Crippen LogP contribution in [0.5, 0.6) is 0 Å². The number of hydrogen-bond acceptors (Lipinski definition) is 3. The maximum atomic E-state index is 11.7. The second kappa shape index (κ2) is 6.75. The van der Waals surface area contributed by atoms with Crippen LogP contribution in [0.15, 0.2) is 77.4 Å². The number of carbonyl (C=O) groups is 1. The van der Waals surface area contributed by atoms with Gasteiger partial charge in [0.05, 0.1) is 0 Å². The molecule has 114 valence electrons. The fraction of sp³-hybridized carbons (Fsp3) is 0.0526. The second-order valence-electron chi connectivity index (χ2n) is 4.95. The molecule has 1 amide bonds. The molecule has 0 atom stereocenters. The summed E-state index contributed by atoms with van der Waals surface area (Å²) in [4.78, 5) is 17.7. The fourth-order valence-corrected chi connectivity index (χ4v) is 2.20. The van der Waals surface area contributed by atoms with Crippen molar-refractivity contribution in [2.45, 2.75) is 6.92 Å². The third-order valence-corrected chi connectivity index (χ3v) is 3.27. The minimum atomic E-state index is -0.0530. The van der Waals surface area contributed by atoms with E-state index in [1.54, 1.807) is 29.3 Å². The van der Waals surface area contributed by atoms with Gasteiger partial charge in [-0.1, -0.05) is 36.4 Å². The molecule has 3 aromatic rings. The van der Waals surface area contributed by atoms with Gasteiger partial charge in [0.1, 0.15) is 5.52 Å². The van der Waals surface area contributed by atoms with E-state index in [0.717, 1.165) is 16.8 Å². The highest BCUT2D eigenvalue weighted by atomic mass is 16.3. The molecule has 0 fully saturated rings. The molecule has 0 aliphatic carbocycles. The lowest BCUT2D eigenvalue weighted by atomic mass is 10.3. The van der Waals surface area contributed by atoms with Crippen molar-refractivity contribution in [3.63, 3.8) is 0 Å². The van der Waals surface area contributed by atoms with Crippen molar-refractivity contribution in [2.24, 2.45) is 0 Å². The highest BCUT2D eigenvalue weighted by Gasteiger charge is 2.06. The van der Waals surface area contributed by atoms with Crippen molar-refractivity contribution < 1.29 is 9.21 Å². The van der Waals surface area contributed by atoms with Gasteiger partial charge in [-0.05, 0) is 30.3 Å². The van der Waals surface area contributed by atoms with E-state index in [0.29, 0.717) is 5.89 Å². The summed E-state index contributed by atoms with van der Waals surface area (Å²) in [6.07, 6.45) is 7.06. The molecule has 0 bridgehead atoms. The molecule has 0 radical (unpaired) electrons. The van der Waals surface area contributed by atoms with E-state index in [1.807, 2.05) is 54.6 Å². The summed E-state index contributed by atoms with van der Waals surface area (Å²) in [5, 5.41) is 0. The smallest absolute Gasteiger partial charge is 0.227 e. The van der Waals surface area contributed by atoms with Gasteiger partial charge >= 0.3 is 0 Å². The number of hydrogen-bond donors (Lipinski definition) is 0. The number of benzene rings is 2. The van der Waals surface area contributed by atoms with Crippen LogP contribution in [0.1, 0.15) is 12.8 Å². The maximum absolute atomic E-state index is 11.7. The number of anilines is 1. The first kappa shape index (κ1) is 14.8. The van der Waals surface area contributed by atoms with Crippen LogP contribution in [-0.4, -0.2) is 10.9 Å². The minimum Gasteiger partial charge on any atom is -0.437 e. The Morgan fingerprint density at radius 1 is 1.04 bits per heavy atom. The Hall–Kier alpha value is -3.14. The Balaban J connectivity index is 1.74. The Morgan fingerprint density at radius 2 is 1.78 bits per heavy atom. The summed E-state index contributed by atoms with van der Waals surface area (Å²) in [5.41, 5.74) is 2.41. The van der Waals surface area contributed by atoms with Crippen LogP contribution in [0.3, 0.4) is 0 Å². The molecule has 0 saturated heterocycles. The molecule has 1 heterocycles. The molecular weight excluding hydrogens is 288 g/mol. The Morgan fingerprint density at radius 3 is 2.52 bits per heavy atom. The van der Waals surface area contributed by atoms with E-state index in [2.05, 4.69) is 4.98 Å². The highest BCUT2D eigenvalue weighted by Crippen LogP contribution is 2.16. The number of rotatable bonds is 4. The number of aromatic nitrogens is 1. The lowest BCUT2D eigenvalue weighted by Gasteiger charge is -2.15. The van der Waals surface area contributed by atoms with E-state index in [9.17, 15) is 4.79 Å². The standard InChI is InChI=1S/C19H16N2O2/c1-15(22)21(16-9-3-2-4-10-16)14-8-7-13-19-20-17-11-5-6-12-18(17)23-19/h2-14H,1H3. The van der Waals surface area contributed by atoms with Gasteiger partial charge in [0.15, 0.2) is 5.58 Å². The van der Waals surface area contributed by atoms with Crippen molar-refractivity contribution in [2.75, 3.05) is 4.90 Å². The average molecular weight is 304 g/mol. The molecule has 1 aromatic heterocycles. The first-order valence-corrected chi connectivity index (χ1v) is 7.29. The number of carbonyl (C=O) groups excluding carboxylic acids is 1. The molecule has 4 nitrogen and oxygen atoms in total. The Bertz CT molecular complexity index is 830. The largest absolute Gasteiger partial charge is 0.437 e. The van der Waals surface area contributed by atoms with E-state index < -0.39 is 0 Å². The Kier molecular flexibility index (Phi) is 4.34. The summed E-state index contributed by atoms with van der Waals surface area (Å²) in [6.45, 7) is 1.53. The van der Waals surface area contributed by atoms with Crippen molar-refractivity contribution in [3.8, 4) is 0 Å². The third-order valence-electron chi connectivity index (χ3n) is 3.27. The normalized spacial score (nSPS) is 11.5. The SMILES string of the molecule is CC(=O)N(C=CC=Cc1nc2ccccc2o1)c1ccccc1. The van der Waals surface area contributed by atoms with Crippen molar-refractivity contribution in [1.29, 1.82) is 0 Å². The monoisotopic (exact) mass is 304 g/mol. The van der Waals surface area contributed by atoms with Crippen molar-refractivity contribution in [1.82, 2.24) is 4.98 Å². The zero-order chi connectivity index (χ0) is 16.1. The van der Waals surface area contributed by atoms with E-state index in [1.165, 1.54) is 6.92 Å². The third kappa shape index (κ3) is 3.55. The molecule has 0 N–H and O–H groups in total. The molecule has 0 saturated carbocycles. The number of amides is 1. The maximum Gasteiger partial charge on any atom is 0.227 e. The quantitative estimate of drug-likeness (QED) is 0.671. The predicted octanol–water partition coefficient (Wildman–Crippen LogP) is 4.41. The zero-order valence-corrected chi connectivity index (χ0v) is 12.7. The van der Waals surface area contributed by atoms with E-state index in [-0.39, 0.29) is 5.91 Å². The number of oxazole rings is 1. The fourth-order valence-electron chi connectivity index (χ4n) is 2.20. The van der Waals surface area contributed by atoms with Gasteiger partial charge in [-0.25, -0.2) is 4.98 Å². The van der Waals surface area contributed by atoms with Crippen molar-refractivity contribution >= 4 is 28.8 Å². The average Bonchev–Trinajstić information content (AvgIpc) is 2.98. The van der Waals surface area contributed by atoms with Gasteiger partial charge in [0, 0.05) is 24.9 Å². The van der Waals surface area contributed by atoms with Gasteiger partial charge in [-0.3, -0.25) is 9.69 Å². The lowest BCUT2D eigenvalue weighted by Crippen LogP contribution is -2.21. The van der Waals surface area contributed by atoms with Gasteiger partial charge in [-0.2, -0.15) is 0 Å². The summed E-state index contributed by atoms with van der Waals surface area (Å²) >= 11 is 0. The van der Waals surface area contributed by atoms with Gasteiger partial charge in [0.2, 0.25) is 11.8 Å². The molecule has 0 aliphatic rings. The molecule has 0 spiro atoms. The topological polar surface area (TPSA) is 46.3 Å². The number of para-hydroxylation sites is 3. The zero-order valence-electron chi connectivity index (χ0n) is 12.7. The van der Waals surface area contributed by atoms with Crippen molar-refractivity contribution in [3.05, 3.63) is 78.8 Å². The molecule has 3 rings (SSSR count). The van der Waals surface area contributed by atoms with Gasteiger partial charge < -0.3 is 4.42 Å². The van der Waals surface area contributed by atoms with Crippen LogP contribution in [0.4, 0.5) is 5.69 Å². The molecule has 23 heavy (non-hydrogen) atoms. The first-order valence-electron chi connectivity index (χ1n) is 7.29. The molecule has 0 unspecified atom stereocenters. The summed E-state index contributed by atoms with van der Waals surface area (Å²) < 4.78 is 5.59. The van der Waals surface area contributed by atoms with Crippen LogP contribution in [0.25, 0.3) is 17.2 Å². The van der Waals surface area contributed by atoms with E-state index >= 15 is 0 Å². The van der Waals surface area contributed by atoms with Crippen LogP contribution < -0.4 is 4.90 Å². The molecule has 0 aliphatic heterocycles. The van der Waals surface area contributed by atoms with Crippen LogP contribution in [0.2, 0.25) is 0 Å². The number of fused-ring (bicyclic) bond motifs is 1. The van der Waals surface area contributed by atoms with Gasteiger partial charge in [-0.15, -0.1) is 0 Å². The van der Waals surface area contributed by atoms with E-state index in [4.69, 9.17) is 4.42 Å². The Labute approximate surface area is 134 Å².